The smallest absolute Gasteiger partial charge is 0.144 e. The van der Waals surface area contributed by atoms with Crippen molar-refractivity contribution >= 4 is 0 Å². The Balaban J connectivity index is 2.85. The first-order chi connectivity index (χ1) is 6.08. The van der Waals surface area contributed by atoms with Crippen LogP contribution in [0.3, 0.4) is 0 Å². The molecule has 2 nitrogen and oxygen atoms in total. The van der Waals surface area contributed by atoms with Crippen LogP contribution in [0.25, 0.3) is 0 Å². The van der Waals surface area contributed by atoms with Gasteiger partial charge in [0.2, 0.25) is 0 Å². The van der Waals surface area contributed by atoms with Gasteiger partial charge in [0.05, 0.1) is 0 Å². The molecule has 1 atom stereocenters. The SMILES string of the molecule is CNC(C)(C)C(F)c1cccnc1. The van der Waals surface area contributed by atoms with Crippen molar-refractivity contribution in [3.8, 4) is 0 Å². The van der Waals surface area contributed by atoms with Gasteiger partial charge in [-0.2, -0.15) is 0 Å². The van der Waals surface area contributed by atoms with Gasteiger partial charge in [-0.3, -0.25) is 4.98 Å². The minimum Gasteiger partial charge on any atom is -0.312 e. The highest BCUT2D eigenvalue weighted by Crippen LogP contribution is 2.28. The lowest BCUT2D eigenvalue weighted by molar-refractivity contribution is 0.190. The lowest BCUT2D eigenvalue weighted by Gasteiger charge is -2.28. The van der Waals surface area contributed by atoms with Crippen LogP contribution in [0.1, 0.15) is 25.6 Å². The molecule has 0 amide bonds. The Bertz CT molecular complexity index is 259. The zero-order chi connectivity index (χ0) is 9.90. The Morgan fingerprint density at radius 1 is 1.54 bits per heavy atom. The quantitative estimate of drug-likeness (QED) is 0.774. The van der Waals surface area contributed by atoms with Gasteiger partial charge in [-0.15, -0.1) is 0 Å². The van der Waals surface area contributed by atoms with Gasteiger partial charge in [0.1, 0.15) is 6.17 Å². The minimum absolute atomic E-state index is 0.553. The maximum absolute atomic E-state index is 13.8. The Morgan fingerprint density at radius 3 is 2.69 bits per heavy atom. The van der Waals surface area contributed by atoms with Crippen LogP contribution in [0.4, 0.5) is 4.39 Å². The van der Waals surface area contributed by atoms with E-state index in [0.717, 1.165) is 0 Å². The number of pyridine rings is 1. The zero-order valence-corrected chi connectivity index (χ0v) is 8.21. The molecule has 1 aromatic heterocycles. The summed E-state index contributed by atoms with van der Waals surface area (Å²) in [5.41, 5.74) is 0.0603. The lowest BCUT2D eigenvalue weighted by atomic mass is 9.94. The molecule has 0 saturated carbocycles. The first-order valence-electron chi connectivity index (χ1n) is 4.31. The molecule has 0 aromatic carbocycles. The second-order valence-electron chi connectivity index (χ2n) is 3.62. The standard InChI is InChI=1S/C10H15FN2/c1-10(2,12-3)9(11)8-5-4-6-13-7-8/h4-7,9,12H,1-3H3. The molecule has 1 rings (SSSR count). The van der Waals surface area contributed by atoms with Gasteiger partial charge in [0, 0.05) is 23.5 Å². The number of hydrogen-bond acceptors (Lipinski definition) is 2. The molecular formula is C10H15FN2. The van der Waals surface area contributed by atoms with Crippen molar-refractivity contribution in [1.29, 1.82) is 0 Å². The third kappa shape index (κ3) is 2.25. The highest BCUT2D eigenvalue weighted by molar-refractivity contribution is 5.16. The van der Waals surface area contributed by atoms with Crippen molar-refractivity contribution in [3.05, 3.63) is 30.1 Å². The summed E-state index contributed by atoms with van der Waals surface area (Å²) in [6.45, 7) is 3.65. The van der Waals surface area contributed by atoms with Gasteiger partial charge in [-0.25, -0.2) is 4.39 Å². The van der Waals surface area contributed by atoms with Crippen LogP contribution in [0.2, 0.25) is 0 Å². The molecular weight excluding hydrogens is 167 g/mol. The number of nitrogens with one attached hydrogen (secondary N) is 1. The van der Waals surface area contributed by atoms with Crippen LogP contribution in [-0.4, -0.2) is 17.6 Å². The Labute approximate surface area is 78.2 Å². The van der Waals surface area contributed by atoms with Crippen LogP contribution in [0, 0.1) is 0 Å². The van der Waals surface area contributed by atoms with Gasteiger partial charge >= 0.3 is 0 Å². The number of alkyl halides is 1. The van der Waals surface area contributed by atoms with E-state index in [9.17, 15) is 4.39 Å². The molecule has 0 aliphatic rings. The van der Waals surface area contributed by atoms with Crippen molar-refractivity contribution in [3.63, 3.8) is 0 Å². The maximum Gasteiger partial charge on any atom is 0.144 e. The van der Waals surface area contributed by atoms with E-state index in [1.807, 2.05) is 13.8 Å². The monoisotopic (exact) mass is 182 g/mol. The van der Waals surface area contributed by atoms with Crippen molar-refractivity contribution in [2.24, 2.45) is 0 Å². The van der Waals surface area contributed by atoms with Crippen LogP contribution in [0.5, 0.6) is 0 Å². The van der Waals surface area contributed by atoms with E-state index in [0.29, 0.717) is 5.56 Å². The predicted octanol–water partition coefficient (Wildman–Crippen LogP) is 2.09. The van der Waals surface area contributed by atoms with Gasteiger partial charge < -0.3 is 5.32 Å². The maximum atomic E-state index is 13.8. The van der Waals surface area contributed by atoms with Gasteiger partial charge in [0.15, 0.2) is 0 Å². The molecule has 0 saturated heterocycles. The van der Waals surface area contributed by atoms with E-state index in [-0.39, 0.29) is 0 Å². The van der Waals surface area contributed by atoms with Crippen LogP contribution in [0.15, 0.2) is 24.5 Å². The summed E-state index contributed by atoms with van der Waals surface area (Å²) < 4.78 is 13.8. The summed E-state index contributed by atoms with van der Waals surface area (Å²) >= 11 is 0. The topological polar surface area (TPSA) is 24.9 Å². The largest absolute Gasteiger partial charge is 0.312 e. The van der Waals surface area contributed by atoms with Crippen molar-refractivity contribution in [2.45, 2.75) is 25.6 Å². The van der Waals surface area contributed by atoms with Crippen LogP contribution >= 0.6 is 0 Å². The summed E-state index contributed by atoms with van der Waals surface area (Å²) in [6.07, 6.45) is 2.16. The van der Waals surface area contributed by atoms with E-state index in [2.05, 4.69) is 10.3 Å². The fourth-order valence-corrected chi connectivity index (χ4v) is 1.07. The van der Waals surface area contributed by atoms with E-state index in [1.54, 1.807) is 31.6 Å². The molecule has 1 aromatic rings. The van der Waals surface area contributed by atoms with Gasteiger partial charge in [-0.05, 0) is 27.0 Å². The normalized spacial score (nSPS) is 14.2. The Kier molecular flexibility index (Phi) is 2.98. The summed E-state index contributed by atoms with van der Waals surface area (Å²) in [5.74, 6) is 0. The molecule has 72 valence electrons. The van der Waals surface area contributed by atoms with Crippen LogP contribution in [-0.2, 0) is 0 Å². The molecule has 0 aliphatic carbocycles. The Morgan fingerprint density at radius 2 is 2.23 bits per heavy atom. The highest BCUT2D eigenvalue weighted by Gasteiger charge is 2.28. The lowest BCUT2D eigenvalue weighted by Crippen LogP contribution is -2.40. The molecule has 0 aliphatic heterocycles. The van der Waals surface area contributed by atoms with Gasteiger partial charge in [0.25, 0.3) is 0 Å². The molecule has 1 unspecified atom stereocenters. The third-order valence-corrected chi connectivity index (χ3v) is 2.26. The number of likely N-dealkylation sites (N-methyl/N-ethyl adjacent to an activating group) is 1. The minimum atomic E-state index is -1.04. The molecule has 0 spiro atoms. The number of hydrogen-bond donors (Lipinski definition) is 1. The van der Waals surface area contributed by atoms with Crippen LogP contribution < -0.4 is 5.32 Å². The fraction of sp³-hybridized carbons (Fsp3) is 0.500. The summed E-state index contributed by atoms with van der Waals surface area (Å²) in [6, 6.07) is 3.49. The van der Waals surface area contributed by atoms with Gasteiger partial charge in [-0.1, -0.05) is 6.07 Å². The number of halogens is 1. The third-order valence-electron chi connectivity index (χ3n) is 2.26. The summed E-state index contributed by atoms with van der Waals surface area (Å²) in [7, 11) is 1.75. The predicted molar refractivity (Wildman–Crippen MR) is 51.2 cm³/mol. The van der Waals surface area contributed by atoms with Crippen molar-refractivity contribution < 1.29 is 4.39 Å². The molecule has 13 heavy (non-hydrogen) atoms. The average Bonchev–Trinajstić information content (AvgIpc) is 2.18. The Hall–Kier alpha value is -0.960. The molecule has 0 bridgehead atoms. The zero-order valence-electron chi connectivity index (χ0n) is 8.21. The molecule has 0 fully saturated rings. The second kappa shape index (κ2) is 3.83. The fourth-order valence-electron chi connectivity index (χ4n) is 1.07. The van der Waals surface area contributed by atoms with Crippen molar-refractivity contribution in [2.75, 3.05) is 7.05 Å². The molecule has 3 heteroatoms. The number of nitrogens with zero attached hydrogens (tertiary/aromatic N) is 1. The molecule has 0 radical (unpaired) electrons. The van der Waals surface area contributed by atoms with E-state index in [1.165, 1.54) is 0 Å². The number of aromatic nitrogens is 1. The summed E-state index contributed by atoms with van der Waals surface area (Å²) in [4.78, 5) is 3.89. The van der Waals surface area contributed by atoms with Crippen molar-refractivity contribution in [1.82, 2.24) is 10.3 Å². The van der Waals surface area contributed by atoms with E-state index in [4.69, 9.17) is 0 Å². The van der Waals surface area contributed by atoms with E-state index >= 15 is 0 Å². The highest BCUT2D eigenvalue weighted by atomic mass is 19.1. The molecule has 1 N–H and O–H groups in total. The van der Waals surface area contributed by atoms with E-state index < -0.39 is 11.7 Å². The average molecular weight is 182 g/mol. The molecule has 1 heterocycles. The first-order valence-corrected chi connectivity index (χ1v) is 4.31. The second-order valence-corrected chi connectivity index (χ2v) is 3.62. The summed E-state index contributed by atoms with van der Waals surface area (Å²) in [5, 5.41) is 2.94. The number of rotatable bonds is 3. The first kappa shape index (κ1) is 10.1.